The Bertz CT molecular complexity index is 731. The number of ether oxygens (including phenoxy) is 6. The second-order valence-electron chi connectivity index (χ2n) is 8.17. The van der Waals surface area contributed by atoms with Crippen molar-refractivity contribution in [2.24, 2.45) is 0 Å². The van der Waals surface area contributed by atoms with E-state index in [-0.39, 0.29) is 11.8 Å². The maximum absolute atomic E-state index is 11.8. The molecule has 1 saturated heterocycles. The predicted molar refractivity (Wildman–Crippen MR) is 127 cm³/mol. The second kappa shape index (κ2) is 16.2. The summed E-state index contributed by atoms with van der Waals surface area (Å²) in [5.74, 6) is -2.70. The van der Waals surface area contributed by atoms with Crippen LogP contribution in [0.1, 0.15) is 73.1 Å². The van der Waals surface area contributed by atoms with Crippen molar-refractivity contribution in [2.75, 3.05) is 13.2 Å². The summed E-state index contributed by atoms with van der Waals surface area (Å²) in [5.41, 5.74) is 0. The van der Waals surface area contributed by atoms with Crippen LogP contribution in [-0.4, -0.2) is 72.9 Å². The molecule has 1 fully saturated rings. The van der Waals surface area contributed by atoms with Crippen molar-refractivity contribution in [2.45, 2.75) is 104 Å². The van der Waals surface area contributed by atoms with Gasteiger partial charge in [0.05, 0.1) is 6.61 Å². The zero-order chi connectivity index (χ0) is 26.4. The quantitative estimate of drug-likeness (QED) is 0.165. The highest BCUT2D eigenvalue weighted by Crippen LogP contribution is 2.28. The van der Waals surface area contributed by atoms with Crippen molar-refractivity contribution >= 4 is 41.3 Å². The lowest BCUT2D eigenvalue weighted by atomic mass is 9.97. The van der Waals surface area contributed by atoms with Gasteiger partial charge in [-0.15, -0.1) is 0 Å². The molecule has 1 aliphatic heterocycles. The number of thiocarbonyl (C=S) groups is 1. The largest absolute Gasteiger partial charge is 0.471 e. The molecule has 0 radical (unpaired) electrons. The molecular formula is C23H37NO10S. The first kappa shape index (κ1) is 30.6. The zero-order valence-corrected chi connectivity index (χ0v) is 21.9. The number of esters is 4. The van der Waals surface area contributed by atoms with Crippen molar-refractivity contribution in [1.82, 2.24) is 5.32 Å². The van der Waals surface area contributed by atoms with Crippen LogP contribution in [-0.2, 0) is 47.6 Å². The third-order valence-corrected chi connectivity index (χ3v) is 5.22. The smallest absolute Gasteiger partial charge is 0.303 e. The zero-order valence-electron chi connectivity index (χ0n) is 21.0. The SMILES string of the molecule is CCCCCCCCOC(=S)N[C@@H]1O[C@H](COC(C)=O)[C@@H](OC(C)=O)[C@H](OC(C)=O)[C@H]1OC(C)=O. The Morgan fingerprint density at radius 3 is 1.86 bits per heavy atom. The Morgan fingerprint density at radius 2 is 1.29 bits per heavy atom. The lowest BCUT2D eigenvalue weighted by Crippen LogP contribution is -2.66. The van der Waals surface area contributed by atoms with Gasteiger partial charge in [0.1, 0.15) is 12.7 Å². The topological polar surface area (TPSA) is 136 Å². The fraction of sp³-hybridized carbons (Fsp3) is 0.783. The molecule has 1 rings (SSSR count). The van der Waals surface area contributed by atoms with Crippen LogP contribution in [0.3, 0.4) is 0 Å². The first-order valence-corrected chi connectivity index (χ1v) is 12.2. The average molecular weight is 520 g/mol. The molecule has 5 atom stereocenters. The van der Waals surface area contributed by atoms with Crippen LogP contribution in [0.4, 0.5) is 0 Å². The Kier molecular flexibility index (Phi) is 14.2. The van der Waals surface area contributed by atoms with Gasteiger partial charge < -0.3 is 33.7 Å². The summed E-state index contributed by atoms with van der Waals surface area (Å²) < 4.78 is 32.6. The summed E-state index contributed by atoms with van der Waals surface area (Å²) in [6.45, 7) is 6.90. The molecule has 35 heavy (non-hydrogen) atoms. The maximum Gasteiger partial charge on any atom is 0.303 e. The number of carbonyl (C=O) groups is 4. The third kappa shape index (κ3) is 12.2. The molecule has 0 aromatic rings. The Hall–Kier alpha value is -2.47. The van der Waals surface area contributed by atoms with Gasteiger partial charge in [-0.05, 0) is 18.6 Å². The highest BCUT2D eigenvalue weighted by atomic mass is 32.1. The minimum Gasteiger partial charge on any atom is -0.471 e. The van der Waals surface area contributed by atoms with Crippen molar-refractivity contribution in [3.05, 3.63) is 0 Å². The van der Waals surface area contributed by atoms with Gasteiger partial charge in [0.25, 0.3) is 5.17 Å². The monoisotopic (exact) mass is 519 g/mol. The number of nitrogens with one attached hydrogen (secondary N) is 1. The van der Waals surface area contributed by atoms with E-state index < -0.39 is 54.5 Å². The molecular weight excluding hydrogens is 482 g/mol. The van der Waals surface area contributed by atoms with Crippen molar-refractivity contribution in [1.29, 1.82) is 0 Å². The van der Waals surface area contributed by atoms with Crippen LogP contribution in [0, 0.1) is 0 Å². The van der Waals surface area contributed by atoms with Gasteiger partial charge in [0, 0.05) is 27.7 Å². The van der Waals surface area contributed by atoms with Gasteiger partial charge in [-0.3, -0.25) is 19.2 Å². The first-order chi connectivity index (χ1) is 16.5. The molecule has 0 aromatic heterocycles. The van der Waals surface area contributed by atoms with E-state index in [1.54, 1.807) is 0 Å². The van der Waals surface area contributed by atoms with E-state index in [9.17, 15) is 19.2 Å². The number of hydrogen-bond donors (Lipinski definition) is 1. The van der Waals surface area contributed by atoms with Crippen molar-refractivity contribution in [3.63, 3.8) is 0 Å². The minimum atomic E-state index is -1.27. The van der Waals surface area contributed by atoms with Gasteiger partial charge in [0.15, 0.2) is 24.5 Å². The summed E-state index contributed by atoms with van der Waals surface area (Å²) in [6.07, 6.45) is 0.511. The second-order valence-corrected chi connectivity index (χ2v) is 8.54. The first-order valence-electron chi connectivity index (χ1n) is 11.8. The van der Waals surface area contributed by atoms with E-state index in [0.29, 0.717) is 6.61 Å². The molecule has 12 heteroatoms. The molecule has 1 aliphatic rings. The summed E-state index contributed by atoms with van der Waals surface area (Å²) >= 11 is 5.26. The molecule has 0 aromatic carbocycles. The van der Waals surface area contributed by atoms with Crippen LogP contribution in [0.2, 0.25) is 0 Å². The molecule has 11 nitrogen and oxygen atoms in total. The molecule has 0 aliphatic carbocycles. The Labute approximate surface area is 211 Å². The van der Waals surface area contributed by atoms with Crippen LogP contribution < -0.4 is 5.32 Å². The van der Waals surface area contributed by atoms with E-state index in [1.165, 1.54) is 33.1 Å². The van der Waals surface area contributed by atoms with E-state index in [4.69, 9.17) is 40.6 Å². The van der Waals surface area contributed by atoms with Crippen molar-refractivity contribution in [3.8, 4) is 0 Å². The average Bonchev–Trinajstić information content (AvgIpc) is 2.75. The Balaban J connectivity index is 3.00. The van der Waals surface area contributed by atoms with Gasteiger partial charge >= 0.3 is 23.9 Å². The highest BCUT2D eigenvalue weighted by Gasteiger charge is 2.52. The number of rotatable bonds is 13. The molecule has 1 heterocycles. The van der Waals surface area contributed by atoms with Crippen LogP contribution in [0.15, 0.2) is 0 Å². The van der Waals surface area contributed by atoms with Gasteiger partial charge in [0.2, 0.25) is 0 Å². The summed E-state index contributed by atoms with van der Waals surface area (Å²) in [7, 11) is 0. The van der Waals surface area contributed by atoms with E-state index >= 15 is 0 Å². The number of hydrogen-bond acceptors (Lipinski definition) is 11. The molecule has 200 valence electrons. The fourth-order valence-corrected chi connectivity index (χ4v) is 3.75. The summed E-state index contributed by atoms with van der Waals surface area (Å²) in [4.78, 5) is 46.8. The standard InChI is InChI=1S/C23H37NO10S/c1-6-7-8-9-10-11-12-29-23(35)24-22-21(33-17(5)28)20(32-16(4)27)19(31-15(3)26)18(34-22)13-30-14(2)25/h18-22H,6-13H2,1-5H3,(H,24,35)/t18-,19-,20+,21-,22-/m1/s1. The molecule has 0 bridgehead atoms. The minimum absolute atomic E-state index is 0.0144. The van der Waals surface area contributed by atoms with Gasteiger partial charge in [-0.25, -0.2) is 0 Å². The lowest BCUT2D eigenvalue weighted by molar-refractivity contribution is -0.255. The van der Waals surface area contributed by atoms with E-state index in [1.807, 2.05) is 0 Å². The highest BCUT2D eigenvalue weighted by molar-refractivity contribution is 7.80. The fourth-order valence-electron chi connectivity index (χ4n) is 3.55. The molecule has 0 unspecified atom stereocenters. The molecule has 0 saturated carbocycles. The predicted octanol–water partition coefficient (Wildman–Crippen LogP) is 2.32. The van der Waals surface area contributed by atoms with Gasteiger partial charge in [-0.1, -0.05) is 39.0 Å². The van der Waals surface area contributed by atoms with Crippen LogP contribution in [0.5, 0.6) is 0 Å². The van der Waals surface area contributed by atoms with E-state index in [0.717, 1.165) is 33.1 Å². The van der Waals surface area contributed by atoms with E-state index in [2.05, 4.69) is 12.2 Å². The Morgan fingerprint density at radius 1 is 0.743 bits per heavy atom. The number of unbranched alkanes of at least 4 members (excludes halogenated alkanes) is 5. The lowest BCUT2D eigenvalue weighted by Gasteiger charge is -2.44. The molecule has 0 amide bonds. The van der Waals surface area contributed by atoms with Crippen molar-refractivity contribution < 1.29 is 47.6 Å². The molecule has 0 spiro atoms. The van der Waals surface area contributed by atoms with Crippen LogP contribution in [0.25, 0.3) is 0 Å². The summed E-state index contributed by atoms with van der Waals surface area (Å²) in [6, 6.07) is 0. The number of carbonyl (C=O) groups excluding carboxylic acids is 4. The van der Waals surface area contributed by atoms with Gasteiger partial charge in [-0.2, -0.15) is 0 Å². The summed E-state index contributed by atoms with van der Waals surface area (Å²) in [5, 5.41) is 2.80. The molecule has 1 N–H and O–H groups in total. The normalized spacial score (nSPS) is 23.5. The maximum atomic E-state index is 11.8. The van der Waals surface area contributed by atoms with Crippen LogP contribution >= 0.6 is 12.2 Å². The third-order valence-electron chi connectivity index (χ3n) is 4.98.